The van der Waals surface area contributed by atoms with Crippen molar-refractivity contribution < 1.29 is 22.7 Å². The Balaban J connectivity index is 1.59. The molecule has 0 spiro atoms. The molecule has 8 nitrogen and oxygen atoms in total. The molecule has 3 aromatic rings. The number of amides is 1. The van der Waals surface area contributed by atoms with Crippen molar-refractivity contribution in [3.8, 4) is 5.75 Å². The molecular formula is C14H11F3N6O2S. The summed E-state index contributed by atoms with van der Waals surface area (Å²) in [7, 11) is 1.69. The molecule has 0 unspecified atom stereocenters. The van der Waals surface area contributed by atoms with Crippen molar-refractivity contribution in [3.05, 3.63) is 30.6 Å². The number of carbonyl (C=O) groups is 1. The van der Waals surface area contributed by atoms with Crippen LogP contribution in [0.5, 0.6) is 5.75 Å². The summed E-state index contributed by atoms with van der Waals surface area (Å²) in [6, 6.07) is 4.86. The number of halogens is 3. The molecule has 0 radical (unpaired) electrons. The maximum atomic E-state index is 12.1. The molecule has 136 valence electrons. The average Bonchev–Trinajstić information content (AvgIpc) is 2.95. The van der Waals surface area contributed by atoms with Crippen LogP contribution < -0.4 is 10.1 Å². The number of fused-ring (bicyclic) bond motifs is 1. The Morgan fingerprint density at radius 3 is 2.69 bits per heavy atom. The Morgan fingerprint density at radius 1 is 1.27 bits per heavy atom. The number of aromatic nitrogens is 5. The summed E-state index contributed by atoms with van der Waals surface area (Å²) in [5, 5.41) is 10.9. The third-order valence-electron chi connectivity index (χ3n) is 3.07. The van der Waals surface area contributed by atoms with Crippen LogP contribution in [0.3, 0.4) is 0 Å². The SMILES string of the molecule is Cn1nnc2c(SCC(=O)Nc3ccc(OC(F)(F)F)cc3)ncnc21. The molecule has 0 saturated heterocycles. The predicted molar refractivity (Wildman–Crippen MR) is 86.6 cm³/mol. The third kappa shape index (κ3) is 4.39. The first-order valence-electron chi connectivity index (χ1n) is 7.11. The standard InChI is InChI=1S/C14H11F3N6O2S/c1-23-12-11(21-22-23)13(19-7-18-12)26-6-10(24)20-8-2-4-9(5-3-8)25-14(15,16)17/h2-5,7H,6H2,1H3,(H,20,24). The zero-order valence-electron chi connectivity index (χ0n) is 13.2. The summed E-state index contributed by atoms with van der Waals surface area (Å²) in [5.74, 6) is -0.685. The monoisotopic (exact) mass is 384 g/mol. The third-order valence-corrected chi connectivity index (χ3v) is 4.05. The molecule has 0 aliphatic rings. The van der Waals surface area contributed by atoms with Gasteiger partial charge in [0.25, 0.3) is 0 Å². The number of aryl methyl sites for hydroxylation is 1. The Hall–Kier alpha value is -2.89. The lowest BCUT2D eigenvalue weighted by Gasteiger charge is -2.09. The molecule has 0 atom stereocenters. The molecule has 0 bridgehead atoms. The van der Waals surface area contributed by atoms with Gasteiger partial charge in [-0.1, -0.05) is 17.0 Å². The number of thioether (sulfide) groups is 1. The van der Waals surface area contributed by atoms with Gasteiger partial charge < -0.3 is 10.1 Å². The second kappa shape index (κ2) is 7.15. The number of ether oxygens (including phenoxy) is 1. The van der Waals surface area contributed by atoms with Crippen LogP contribution in [0.1, 0.15) is 0 Å². The summed E-state index contributed by atoms with van der Waals surface area (Å²) >= 11 is 1.15. The summed E-state index contributed by atoms with van der Waals surface area (Å²) in [4.78, 5) is 20.1. The van der Waals surface area contributed by atoms with E-state index in [1.165, 1.54) is 23.1 Å². The van der Waals surface area contributed by atoms with Gasteiger partial charge in [-0.05, 0) is 24.3 Å². The van der Waals surface area contributed by atoms with Crippen LogP contribution in [0.4, 0.5) is 18.9 Å². The van der Waals surface area contributed by atoms with Crippen LogP contribution in [0, 0.1) is 0 Å². The lowest BCUT2D eigenvalue weighted by molar-refractivity contribution is -0.274. The fourth-order valence-electron chi connectivity index (χ4n) is 2.01. The molecular weight excluding hydrogens is 373 g/mol. The summed E-state index contributed by atoms with van der Waals surface area (Å²) in [6.45, 7) is 0. The average molecular weight is 384 g/mol. The van der Waals surface area contributed by atoms with E-state index >= 15 is 0 Å². The highest BCUT2D eigenvalue weighted by atomic mass is 32.2. The van der Waals surface area contributed by atoms with Crippen LogP contribution in [0.15, 0.2) is 35.6 Å². The van der Waals surface area contributed by atoms with E-state index in [1.54, 1.807) is 7.05 Å². The highest BCUT2D eigenvalue weighted by molar-refractivity contribution is 8.00. The molecule has 1 amide bonds. The van der Waals surface area contributed by atoms with Crippen molar-refractivity contribution in [3.63, 3.8) is 0 Å². The number of nitrogens with one attached hydrogen (secondary N) is 1. The van der Waals surface area contributed by atoms with E-state index in [4.69, 9.17) is 0 Å². The Kier molecular flexibility index (Phi) is 4.93. The van der Waals surface area contributed by atoms with E-state index in [2.05, 4.69) is 30.3 Å². The number of benzene rings is 1. The minimum Gasteiger partial charge on any atom is -0.406 e. The molecule has 1 aromatic carbocycles. The van der Waals surface area contributed by atoms with Gasteiger partial charge in [-0.3, -0.25) is 4.79 Å². The van der Waals surface area contributed by atoms with Gasteiger partial charge in [0.15, 0.2) is 11.2 Å². The Bertz CT molecular complexity index is 929. The van der Waals surface area contributed by atoms with Crippen LogP contribution in [-0.2, 0) is 11.8 Å². The number of anilines is 1. The second-order valence-corrected chi connectivity index (χ2v) is 5.94. The molecule has 3 rings (SSSR count). The van der Waals surface area contributed by atoms with Gasteiger partial charge >= 0.3 is 6.36 Å². The van der Waals surface area contributed by atoms with Crippen LogP contribution in [-0.4, -0.2) is 43.0 Å². The zero-order valence-corrected chi connectivity index (χ0v) is 14.0. The van der Waals surface area contributed by atoms with Crippen molar-refractivity contribution in [2.75, 3.05) is 11.1 Å². The quantitative estimate of drug-likeness (QED) is 0.533. The number of alkyl halides is 3. The van der Waals surface area contributed by atoms with Gasteiger partial charge in [0.1, 0.15) is 17.1 Å². The van der Waals surface area contributed by atoms with Gasteiger partial charge in [-0.2, -0.15) is 0 Å². The minimum atomic E-state index is -4.76. The van der Waals surface area contributed by atoms with Gasteiger partial charge in [-0.15, -0.1) is 18.3 Å². The Morgan fingerprint density at radius 2 is 2.00 bits per heavy atom. The van der Waals surface area contributed by atoms with Gasteiger partial charge in [-0.25, -0.2) is 14.6 Å². The normalized spacial score (nSPS) is 11.5. The number of hydrogen-bond donors (Lipinski definition) is 1. The molecule has 2 heterocycles. The van der Waals surface area contributed by atoms with E-state index in [9.17, 15) is 18.0 Å². The maximum Gasteiger partial charge on any atom is 0.573 e. The molecule has 26 heavy (non-hydrogen) atoms. The number of hydrogen-bond acceptors (Lipinski definition) is 7. The number of carbonyl (C=O) groups excluding carboxylic acids is 1. The maximum absolute atomic E-state index is 12.1. The van der Waals surface area contributed by atoms with Crippen LogP contribution >= 0.6 is 11.8 Å². The first kappa shape index (κ1) is 17.9. The van der Waals surface area contributed by atoms with Crippen molar-refractivity contribution in [1.82, 2.24) is 25.0 Å². The van der Waals surface area contributed by atoms with Crippen molar-refractivity contribution in [2.45, 2.75) is 11.4 Å². The molecule has 12 heteroatoms. The summed E-state index contributed by atoms with van der Waals surface area (Å²) in [6.07, 6.45) is -3.41. The van der Waals surface area contributed by atoms with E-state index < -0.39 is 6.36 Å². The molecule has 1 N–H and O–H groups in total. The number of rotatable bonds is 5. The smallest absolute Gasteiger partial charge is 0.406 e. The first-order chi connectivity index (χ1) is 12.3. The lowest BCUT2D eigenvalue weighted by atomic mass is 10.3. The summed E-state index contributed by atoms with van der Waals surface area (Å²) in [5.41, 5.74) is 1.38. The molecule has 0 aliphatic carbocycles. The largest absolute Gasteiger partial charge is 0.573 e. The minimum absolute atomic E-state index is 0.0312. The predicted octanol–water partition coefficient (Wildman–Crippen LogP) is 2.39. The molecule has 0 fully saturated rings. The Labute approximate surface area is 148 Å². The number of nitrogens with zero attached hydrogens (tertiary/aromatic N) is 5. The molecule has 2 aromatic heterocycles. The van der Waals surface area contributed by atoms with Crippen molar-refractivity contribution in [1.29, 1.82) is 0 Å². The first-order valence-corrected chi connectivity index (χ1v) is 8.09. The van der Waals surface area contributed by atoms with Crippen LogP contribution in [0.2, 0.25) is 0 Å². The molecule has 0 saturated carbocycles. The van der Waals surface area contributed by atoms with E-state index in [0.717, 1.165) is 23.9 Å². The van der Waals surface area contributed by atoms with Gasteiger partial charge in [0.2, 0.25) is 5.91 Å². The zero-order chi connectivity index (χ0) is 18.7. The fraction of sp³-hybridized carbons (Fsp3) is 0.214. The van der Waals surface area contributed by atoms with Gasteiger partial charge in [0, 0.05) is 12.7 Å². The van der Waals surface area contributed by atoms with Crippen LogP contribution in [0.25, 0.3) is 11.2 Å². The van der Waals surface area contributed by atoms with Crippen molar-refractivity contribution >= 4 is 34.5 Å². The highest BCUT2D eigenvalue weighted by Crippen LogP contribution is 2.25. The van der Waals surface area contributed by atoms with E-state index in [1.807, 2.05) is 0 Å². The van der Waals surface area contributed by atoms with E-state index in [-0.39, 0.29) is 17.4 Å². The van der Waals surface area contributed by atoms with E-state index in [0.29, 0.717) is 21.9 Å². The highest BCUT2D eigenvalue weighted by Gasteiger charge is 2.30. The molecule has 0 aliphatic heterocycles. The lowest BCUT2D eigenvalue weighted by Crippen LogP contribution is -2.17. The van der Waals surface area contributed by atoms with Gasteiger partial charge in [0.05, 0.1) is 5.75 Å². The topological polar surface area (TPSA) is 94.8 Å². The summed E-state index contributed by atoms with van der Waals surface area (Å²) < 4.78 is 41.6. The second-order valence-electron chi connectivity index (χ2n) is 4.97. The van der Waals surface area contributed by atoms with Crippen molar-refractivity contribution in [2.24, 2.45) is 7.05 Å². The fourth-order valence-corrected chi connectivity index (χ4v) is 2.74.